The average molecular weight is 286 g/mol. The van der Waals surface area contributed by atoms with Gasteiger partial charge in [0.25, 0.3) is 5.91 Å². The summed E-state index contributed by atoms with van der Waals surface area (Å²) in [5, 5.41) is 2.54. The largest absolute Gasteiger partial charge is 0.372 e. The zero-order chi connectivity index (χ0) is 14.5. The standard InChI is InChI=1S/C12H18N2O4S/c1-4-13-19(16,17)11-8-6-5-7-10(11)14-12(15)9(2)18-3/h5-9,13H,4H2,1-3H3,(H,14,15). The summed E-state index contributed by atoms with van der Waals surface area (Å²) in [4.78, 5) is 11.8. The highest BCUT2D eigenvalue weighted by Crippen LogP contribution is 2.20. The molecule has 1 rings (SSSR count). The zero-order valence-corrected chi connectivity index (χ0v) is 12.0. The Morgan fingerprint density at radius 3 is 2.58 bits per heavy atom. The van der Waals surface area contributed by atoms with E-state index in [4.69, 9.17) is 4.74 Å². The van der Waals surface area contributed by atoms with Gasteiger partial charge in [0, 0.05) is 13.7 Å². The summed E-state index contributed by atoms with van der Waals surface area (Å²) < 4.78 is 31.2. The average Bonchev–Trinajstić information content (AvgIpc) is 2.38. The molecule has 6 nitrogen and oxygen atoms in total. The first-order valence-corrected chi connectivity index (χ1v) is 7.33. The first-order chi connectivity index (χ1) is 8.92. The Labute approximate surface area is 113 Å². The van der Waals surface area contributed by atoms with Gasteiger partial charge in [-0.15, -0.1) is 0 Å². The van der Waals surface area contributed by atoms with E-state index in [2.05, 4.69) is 10.0 Å². The molecular formula is C12H18N2O4S. The maximum atomic E-state index is 12.0. The maximum Gasteiger partial charge on any atom is 0.253 e. The minimum Gasteiger partial charge on any atom is -0.372 e. The highest BCUT2D eigenvalue weighted by atomic mass is 32.2. The van der Waals surface area contributed by atoms with Crippen LogP contribution in [-0.2, 0) is 19.6 Å². The Morgan fingerprint density at radius 2 is 2.00 bits per heavy atom. The van der Waals surface area contributed by atoms with Crippen LogP contribution >= 0.6 is 0 Å². The first-order valence-electron chi connectivity index (χ1n) is 5.84. The molecule has 0 saturated carbocycles. The SMILES string of the molecule is CCNS(=O)(=O)c1ccccc1NC(=O)C(C)OC. The second-order valence-electron chi connectivity index (χ2n) is 3.86. The zero-order valence-electron chi connectivity index (χ0n) is 11.1. The number of rotatable bonds is 6. The minimum atomic E-state index is -3.62. The van der Waals surface area contributed by atoms with E-state index < -0.39 is 22.0 Å². The van der Waals surface area contributed by atoms with Gasteiger partial charge in [-0.3, -0.25) is 4.79 Å². The van der Waals surface area contributed by atoms with Crippen LogP contribution < -0.4 is 10.0 Å². The van der Waals surface area contributed by atoms with Gasteiger partial charge >= 0.3 is 0 Å². The molecule has 1 aromatic carbocycles. The fraction of sp³-hybridized carbons (Fsp3) is 0.417. The Balaban J connectivity index is 3.07. The van der Waals surface area contributed by atoms with Crippen LogP contribution in [0.2, 0.25) is 0 Å². The lowest BCUT2D eigenvalue weighted by Gasteiger charge is -2.14. The van der Waals surface area contributed by atoms with Crippen LogP contribution in [0.1, 0.15) is 13.8 Å². The lowest BCUT2D eigenvalue weighted by atomic mass is 10.3. The van der Waals surface area contributed by atoms with Gasteiger partial charge in [-0.05, 0) is 19.1 Å². The van der Waals surface area contributed by atoms with Crippen molar-refractivity contribution < 1.29 is 17.9 Å². The molecular weight excluding hydrogens is 268 g/mol. The molecule has 0 aliphatic rings. The van der Waals surface area contributed by atoms with Crippen LogP contribution in [0, 0.1) is 0 Å². The Bertz CT molecular complexity index is 542. The summed E-state index contributed by atoms with van der Waals surface area (Å²) in [5.41, 5.74) is 0.234. The van der Waals surface area contributed by atoms with Crippen LogP contribution in [-0.4, -0.2) is 34.1 Å². The number of carbonyl (C=O) groups is 1. The van der Waals surface area contributed by atoms with E-state index in [0.29, 0.717) is 0 Å². The molecule has 0 spiro atoms. The van der Waals surface area contributed by atoms with E-state index in [1.165, 1.54) is 19.2 Å². The number of sulfonamides is 1. The third-order valence-corrected chi connectivity index (χ3v) is 4.10. The van der Waals surface area contributed by atoms with E-state index in [-0.39, 0.29) is 17.1 Å². The summed E-state index contributed by atoms with van der Waals surface area (Å²) in [6.07, 6.45) is -0.658. The molecule has 1 aromatic rings. The molecule has 2 N–H and O–H groups in total. The number of para-hydroxylation sites is 1. The quantitative estimate of drug-likeness (QED) is 0.815. The molecule has 0 saturated heterocycles. The predicted octanol–water partition coefficient (Wildman–Crippen LogP) is 0.958. The van der Waals surface area contributed by atoms with Crippen molar-refractivity contribution in [2.45, 2.75) is 24.8 Å². The number of anilines is 1. The molecule has 0 bridgehead atoms. The predicted molar refractivity (Wildman–Crippen MR) is 72.4 cm³/mol. The van der Waals surface area contributed by atoms with Crippen LogP contribution in [0.5, 0.6) is 0 Å². The summed E-state index contributed by atoms with van der Waals surface area (Å²) in [6, 6.07) is 6.22. The van der Waals surface area contributed by atoms with Gasteiger partial charge in [0.1, 0.15) is 11.0 Å². The van der Waals surface area contributed by atoms with E-state index in [0.717, 1.165) is 0 Å². The van der Waals surface area contributed by atoms with E-state index in [1.807, 2.05) is 0 Å². The van der Waals surface area contributed by atoms with Gasteiger partial charge < -0.3 is 10.1 Å². The minimum absolute atomic E-state index is 0.0357. The van der Waals surface area contributed by atoms with Crippen molar-refractivity contribution in [2.24, 2.45) is 0 Å². The summed E-state index contributed by atoms with van der Waals surface area (Å²) in [6.45, 7) is 3.54. The molecule has 106 valence electrons. The lowest BCUT2D eigenvalue weighted by Crippen LogP contribution is -2.29. The molecule has 0 aromatic heterocycles. The lowest BCUT2D eigenvalue weighted by molar-refractivity contribution is -0.124. The Hall–Kier alpha value is -1.44. The van der Waals surface area contributed by atoms with Crippen molar-refractivity contribution in [1.82, 2.24) is 4.72 Å². The third-order valence-electron chi connectivity index (χ3n) is 2.49. The molecule has 19 heavy (non-hydrogen) atoms. The summed E-state index contributed by atoms with van der Waals surface area (Å²) >= 11 is 0. The number of ether oxygens (including phenoxy) is 1. The third kappa shape index (κ3) is 4.02. The fourth-order valence-electron chi connectivity index (χ4n) is 1.41. The molecule has 0 aliphatic heterocycles. The second kappa shape index (κ2) is 6.65. The molecule has 0 radical (unpaired) electrons. The van der Waals surface area contributed by atoms with Gasteiger partial charge in [0.2, 0.25) is 10.0 Å². The number of hydrogen-bond acceptors (Lipinski definition) is 4. The second-order valence-corrected chi connectivity index (χ2v) is 5.60. The van der Waals surface area contributed by atoms with E-state index in [1.54, 1.807) is 26.0 Å². The Kier molecular flexibility index (Phi) is 5.46. The number of carbonyl (C=O) groups excluding carboxylic acids is 1. The van der Waals surface area contributed by atoms with Crippen molar-refractivity contribution in [3.05, 3.63) is 24.3 Å². The molecule has 1 unspecified atom stereocenters. The van der Waals surface area contributed by atoms with Crippen molar-refractivity contribution in [1.29, 1.82) is 0 Å². The van der Waals surface area contributed by atoms with Crippen molar-refractivity contribution >= 4 is 21.6 Å². The Morgan fingerprint density at radius 1 is 1.37 bits per heavy atom. The molecule has 1 atom stereocenters. The van der Waals surface area contributed by atoms with Gasteiger partial charge in [-0.1, -0.05) is 19.1 Å². The topological polar surface area (TPSA) is 84.5 Å². The monoisotopic (exact) mass is 286 g/mol. The van der Waals surface area contributed by atoms with Crippen molar-refractivity contribution in [2.75, 3.05) is 19.0 Å². The molecule has 0 aliphatic carbocycles. The smallest absolute Gasteiger partial charge is 0.253 e. The molecule has 0 fully saturated rings. The van der Waals surface area contributed by atoms with Crippen LogP contribution in [0.25, 0.3) is 0 Å². The summed E-state index contributed by atoms with van der Waals surface area (Å²) in [7, 11) is -2.22. The van der Waals surface area contributed by atoms with Crippen LogP contribution in [0.4, 0.5) is 5.69 Å². The van der Waals surface area contributed by atoms with E-state index >= 15 is 0 Å². The number of methoxy groups -OCH3 is 1. The number of amides is 1. The summed E-state index contributed by atoms with van der Waals surface area (Å²) in [5.74, 6) is -0.401. The van der Waals surface area contributed by atoms with Gasteiger partial charge in [-0.2, -0.15) is 0 Å². The fourth-order valence-corrected chi connectivity index (χ4v) is 2.62. The number of benzene rings is 1. The van der Waals surface area contributed by atoms with Crippen molar-refractivity contribution in [3.8, 4) is 0 Å². The first kappa shape index (κ1) is 15.6. The highest BCUT2D eigenvalue weighted by Gasteiger charge is 2.20. The van der Waals surface area contributed by atoms with Crippen molar-refractivity contribution in [3.63, 3.8) is 0 Å². The number of hydrogen-bond donors (Lipinski definition) is 2. The maximum absolute atomic E-state index is 12.0. The molecule has 0 heterocycles. The number of nitrogens with one attached hydrogen (secondary N) is 2. The molecule has 7 heteroatoms. The van der Waals surface area contributed by atoms with Gasteiger partial charge in [0.05, 0.1) is 5.69 Å². The van der Waals surface area contributed by atoms with E-state index in [9.17, 15) is 13.2 Å². The van der Waals surface area contributed by atoms with Crippen LogP contribution in [0.15, 0.2) is 29.2 Å². The molecule has 1 amide bonds. The van der Waals surface area contributed by atoms with Gasteiger partial charge in [0.15, 0.2) is 0 Å². The van der Waals surface area contributed by atoms with Gasteiger partial charge in [-0.25, -0.2) is 13.1 Å². The normalized spacial score (nSPS) is 13.0. The van der Waals surface area contributed by atoms with Crippen LogP contribution in [0.3, 0.4) is 0 Å². The highest BCUT2D eigenvalue weighted by molar-refractivity contribution is 7.89.